The highest BCUT2D eigenvalue weighted by Gasteiger charge is 2.58. The Morgan fingerprint density at radius 2 is 1.76 bits per heavy atom. The molecule has 9 atom stereocenters. The molecule has 2 saturated heterocycles. The van der Waals surface area contributed by atoms with Crippen molar-refractivity contribution in [1.82, 2.24) is 0 Å². The number of rotatable bonds is 6. The van der Waals surface area contributed by atoms with Crippen LogP contribution in [0.15, 0.2) is 42.5 Å². The zero-order chi connectivity index (χ0) is 27.2. The third-order valence-electron chi connectivity index (χ3n) is 7.38. The topological polar surface area (TPSA) is 196 Å². The fourth-order valence-corrected chi connectivity index (χ4v) is 5.14. The maximum atomic E-state index is 12.5. The number of benzene rings is 2. The van der Waals surface area contributed by atoms with Crippen molar-refractivity contribution in [1.29, 1.82) is 0 Å². The molecule has 7 N–H and O–H groups in total. The average Bonchev–Trinajstić information content (AvgIpc) is 3.20. The van der Waals surface area contributed by atoms with Crippen LogP contribution < -0.4 is 9.47 Å². The van der Waals surface area contributed by atoms with Gasteiger partial charge in [-0.25, -0.2) is 0 Å². The van der Waals surface area contributed by atoms with Crippen molar-refractivity contribution < 1.29 is 59.5 Å². The van der Waals surface area contributed by atoms with Gasteiger partial charge in [-0.2, -0.15) is 0 Å². The maximum Gasteiger partial charge on any atom is 0.208 e. The number of aromatic hydroxyl groups is 1. The van der Waals surface area contributed by atoms with E-state index in [4.69, 9.17) is 18.9 Å². The summed E-state index contributed by atoms with van der Waals surface area (Å²) in [4.78, 5) is 12.5. The average molecular weight is 535 g/mol. The molecule has 0 spiro atoms. The highest BCUT2D eigenvalue weighted by molar-refractivity contribution is 6.00. The Morgan fingerprint density at radius 1 is 1.03 bits per heavy atom. The van der Waals surface area contributed by atoms with Crippen LogP contribution in [0.2, 0.25) is 0 Å². The standard InChI is InChI=1S/C26H30O12/c27-9-19-21(31)22(32)20(23-24(33)26(34,10-28)11-35-23)25(38-19)36-14-4-1-12(2-5-14)17-8-16(30)15-6-3-13(29)7-18(15)37-17/h1-7,17,19-25,27-29,31-34H,8-11H2/t17?,19-,20+,21-,22-,23?,24+,25-,26-/m1/s1. The number of carbonyl (C=O) groups excluding carboxylic acids is 1. The summed E-state index contributed by atoms with van der Waals surface area (Å²) in [5.41, 5.74) is -0.919. The van der Waals surface area contributed by atoms with Crippen LogP contribution >= 0.6 is 0 Å². The molecule has 0 aromatic heterocycles. The summed E-state index contributed by atoms with van der Waals surface area (Å²) in [6.07, 6.45) is -9.00. The lowest BCUT2D eigenvalue weighted by Crippen LogP contribution is -2.62. The molecule has 5 rings (SSSR count). The number of fused-ring (bicyclic) bond motifs is 1. The first kappa shape index (κ1) is 26.8. The van der Waals surface area contributed by atoms with Gasteiger partial charge in [0, 0.05) is 6.07 Å². The zero-order valence-electron chi connectivity index (χ0n) is 20.2. The molecule has 2 aromatic rings. The molecule has 0 bridgehead atoms. The number of carbonyl (C=O) groups is 1. The summed E-state index contributed by atoms with van der Waals surface area (Å²) in [5, 5.41) is 71.1. The molecule has 206 valence electrons. The number of aliphatic hydroxyl groups excluding tert-OH is 5. The normalized spacial score (nSPS) is 36.9. The molecule has 0 amide bonds. The summed E-state index contributed by atoms with van der Waals surface area (Å²) in [7, 11) is 0. The van der Waals surface area contributed by atoms with Gasteiger partial charge in [0.1, 0.15) is 47.3 Å². The van der Waals surface area contributed by atoms with E-state index < -0.39 is 74.3 Å². The van der Waals surface area contributed by atoms with Gasteiger partial charge in [0.25, 0.3) is 0 Å². The molecule has 0 saturated carbocycles. The van der Waals surface area contributed by atoms with Crippen LogP contribution in [0.1, 0.15) is 28.4 Å². The number of Topliss-reactive ketones (excluding diaryl/α,β-unsaturated/α-hetero) is 1. The third-order valence-corrected chi connectivity index (χ3v) is 7.38. The van der Waals surface area contributed by atoms with E-state index >= 15 is 0 Å². The van der Waals surface area contributed by atoms with Crippen molar-refractivity contribution in [3.05, 3.63) is 53.6 Å². The fourth-order valence-electron chi connectivity index (χ4n) is 5.14. The van der Waals surface area contributed by atoms with Crippen molar-refractivity contribution in [3.63, 3.8) is 0 Å². The van der Waals surface area contributed by atoms with Crippen LogP contribution in [0.25, 0.3) is 0 Å². The monoisotopic (exact) mass is 534 g/mol. The van der Waals surface area contributed by atoms with Crippen molar-refractivity contribution >= 4 is 5.78 Å². The van der Waals surface area contributed by atoms with Crippen LogP contribution in [0.4, 0.5) is 0 Å². The van der Waals surface area contributed by atoms with Gasteiger partial charge in [0.2, 0.25) is 6.29 Å². The number of ketones is 1. The zero-order valence-corrected chi connectivity index (χ0v) is 20.2. The number of aliphatic hydroxyl groups is 6. The lowest BCUT2D eigenvalue weighted by molar-refractivity contribution is -0.281. The first-order chi connectivity index (χ1) is 18.1. The molecule has 0 radical (unpaired) electrons. The molecule has 3 aliphatic rings. The minimum Gasteiger partial charge on any atom is -0.508 e. The molecule has 2 unspecified atom stereocenters. The van der Waals surface area contributed by atoms with Crippen LogP contribution in [-0.2, 0) is 9.47 Å². The summed E-state index contributed by atoms with van der Waals surface area (Å²) in [6, 6.07) is 10.8. The Hall–Kier alpha value is -2.81. The van der Waals surface area contributed by atoms with Crippen molar-refractivity contribution in [2.24, 2.45) is 5.92 Å². The Bertz CT molecular complexity index is 1160. The lowest BCUT2D eigenvalue weighted by Gasteiger charge is -2.44. The third kappa shape index (κ3) is 4.74. The summed E-state index contributed by atoms with van der Waals surface area (Å²) in [5.74, 6) is -0.813. The largest absolute Gasteiger partial charge is 0.508 e. The fraction of sp³-hybridized carbons (Fsp3) is 0.500. The SMILES string of the molecule is O=C1CC(c2ccc(O[C@@H]3O[C@H](CO)[C@@H](O)[C@H](O)[C@H]3C3OC[C@](O)(CO)[C@H]3O)cc2)Oc2cc(O)ccc21. The molecule has 3 heterocycles. The number of phenolic OH excluding ortho intramolecular Hbond substituents is 1. The van der Waals surface area contributed by atoms with Gasteiger partial charge in [0.05, 0.1) is 49.9 Å². The Labute approximate surface area is 217 Å². The molecule has 3 aliphatic heterocycles. The molecule has 2 fully saturated rings. The predicted octanol–water partition coefficient (Wildman–Crippen LogP) is -0.984. The van der Waals surface area contributed by atoms with Crippen LogP contribution in [-0.4, -0.2) is 104 Å². The minimum atomic E-state index is -1.97. The second-order valence-electron chi connectivity index (χ2n) is 9.87. The minimum absolute atomic E-state index is 0.0229. The highest BCUT2D eigenvalue weighted by Crippen LogP contribution is 2.40. The van der Waals surface area contributed by atoms with Gasteiger partial charge < -0.3 is 54.7 Å². The van der Waals surface area contributed by atoms with E-state index in [1.54, 1.807) is 24.3 Å². The maximum absolute atomic E-state index is 12.5. The van der Waals surface area contributed by atoms with E-state index in [0.717, 1.165) is 0 Å². The molecular formula is C26H30O12. The van der Waals surface area contributed by atoms with Gasteiger partial charge in [-0.3, -0.25) is 4.79 Å². The number of ether oxygens (including phenoxy) is 4. The first-order valence-corrected chi connectivity index (χ1v) is 12.2. The Morgan fingerprint density at radius 3 is 2.42 bits per heavy atom. The molecule has 12 nitrogen and oxygen atoms in total. The van der Waals surface area contributed by atoms with Gasteiger partial charge in [-0.15, -0.1) is 0 Å². The second kappa shape index (κ2) is 10.4. The van der Waals surface area contributed by atoms with Crippen molar-refractivity contribution in [3.8, 4) is 17.2 Å². The van der Waals surface area contributed by atoms with E-state index in [1.165, 1.54) is 18.2 Å². The van der Waals surface area contributed by atoms with E-state index in [2.05, 4.69) is 0 Å². The van der Waals surface area contributed by atoms with Gasteiger partial charge in [-0.1, -0.05) is 12.1 Å². The van der Waals surface area contributed by atoms with Gasteiger partial charge in [-0.05, 0) is 29.8 Å². The summed E-state index contributed by atoms with van der Waals surface area (Å²) < 4.78 is 23.0. The summed E-state index contributed by atoms with van der Waals surface area (Å²) in [6.45, 7) is -1.83. The van der Waals surface area contributed by atoms with E-state index in [1.807, 2.05) is 0 Å². The molecule has 2 aromatic carbocycles. The van der Waals surface area contributed by atoms with E-state index in [9.17, 15) is 40.5 Å². The number of hydrogen-bond acceptors (Lipinski definition) is 12. The van der Waals surface area contributed by atoms with Crippen LogP contribution in [0.3, 0.4) is 0 Å². The smallest absolute Gasteiger partial charge is 0.208 e. The number of hydrogen-bond donors (Lipinski definition) is 7. The van der Waals surface area contributed by atoms with Crippen LogP contribution in [0, 0.1) is 5.92 Å². The molecule has 38 heavy (non-hydrogen) atoms. The van der Waals surface area contributed by atoms with E-state index in [0.29, 0.717) is 11.1 Å². The van der Waals surface area contributed by atoms with Gasteiger partial charge >= 0.3 is 0 Å². The van der Waals surface area contributed by atoms with Crippen LogP contribution in [0.5, 0.6) is 17.2 Å². The molecule has 12 heteroatoms. The quantitative estimate of drug-likeness (QED) is 0.240. The van der Waals surface area contributed by atoms with Crippen molar-refractivity contribution in [2.45, 2.75) is 54.9 Å². The highest BCUT2D eigenvalue weighted by atomic mass is 16.7. The first-order valence-electron chi connectivity index (χ1n) is 12.2. The summed E-state index contributed by atoms with van der Waals surface area (Å²) >= 11 is 0. The van der Waals surface area contributed by atoms with E-state index in [-0.39, 0.29) is 29.5 Å². The Kier molecular flexibility index (Phi) is 7.33. The molecular weight excluding hydrogens is 504 g/mol. The second-order valence-corrected chi connectivity index (χ2v) is 9.87. The Balaban J connectivity index is 1.35. The number of phenols is 1. The van der Waals surface area contributed by atoms with Crippen molar-refractivity contribution in [2.75, 3.05) is 19.8 Å². The molecule has 0 aliphatic carbocycles. The van der Waals surface area contributed by atoms with Gasteiger partial charge in [0.15, 0.2) is 5.78 Å². The lowest BCUT2D eigenvalue weighted by atomic mass is 9.82. The predicted molar refractivity (Wildman–Crippen MR) is 127 cm³/mol.